The van der Waals surface area contributed by atoms with Gasteiger partial charge < -0.3 is 10.6 Å². The summed E-state index contributed by atoms with van der Waals surface area (Å²) in [7, 11) is 1.61. The number of hydrogen-bond acceptors (Lipinski definition) is 4. The summed E-state index contributed by atoms with van der Waals surface area (Å²) in [6.07, 6.45) is 0. The molecule has 0 radical (unpaired) electrons. The number of nitrogens with zero attached hydrogens (tertiary/aromatic N) is 2. The van der Waals surface area contributed by atoms with Crippen molar-refractivity contribution in [1.82, 2.24) is 9.80 Å². The highest BCUT2D eigenvalue weighted by Gasteiger charge is 2.36. The summed E-state index contributed by atoms with van der Waals surface area (Å²) in [5.41, 5.74) is 6.20. The fourth-order valence-electron chi connectivity index (χ4n) is 2.03. The Kier molecular flexibility index (Phi) is 5.46. The topological polar surface area (TPSA) is 83.7 Å². The van der Waals surface area contributed by atoms with Gasteiger partial charge in [0.2, 0.25) is 5.91 Å². The standard InChI is InChI=1S/C14H17N3O3.ClH/c1-9(7-15)16(2)12(18)8-17-13(19)10-5-3-4-6-11(10)14(17)20;/h3-6,9H,7-8,15H2,1-2H3;1H. The normalized spacial score (nSPS) is 14.5. The largest absolute Gasteiger partial charge is 0.340 e. The van der Waals surface area contributed by atoms with Crippen LogP contribution < -0.4 is 5.73 Å². The maximum Gasteiger partial charge on any atom is 0.262 e. The molecule has 1 aromatic rings. The van der Waals surface area contributed by atoms with Crippen molar-refractivity contribution in [3.63, 3.8) is 0 Å². The van der Waals surface area contributed by atoms with Crippen molar-refractivity contribution in [2.45, 2.75) is 13.0 Å². The lowest BCUT2D eigenvalue weighted by atomic mass is 10.1. The average molecular weight is 312 g/mol. The summed E-state index contributed by atoms with van der Waals surface area (Å²) >= 11 is 0. The van der Waals surface area contributed by atoms with Gasteiger partial charge in [-0.1, -0.05) is 12.1 Å². The molecule has 1 heterocycles. The van der Waals surface area contributed by atoms with Gasteiger partial charge in [-0.2, -0.15) is 0 Å². The molecule has 21 heavy (non-hydrogen) atoms. The molecule has 1 aliphatic rings. The van der Waals surface area contributed by atoms with E-state index in [9.17, 15) is 14.4 Å². The number of hydrogen-bond donors (Lipinski definition) is 1. The highest BCUT2D eigenvalue weighted by atomic mass is 35.5. The van der Waals surface area contributed by atoms with Crippen molar-refractivity contribution in [2.75, 3.05) is 20.1 Å². The van der Waals surface area contributed by atoms with Gasteiger partial charge in [0, 0.05) is 19.6 Å². The molecule has 0 saturated heterocycles. The van der Waals surface area contributed by atoms with E-state index in [4.69, 9.17) is 5.73 Å². The van der Waals surface area contributed by atoms with Crippen LogP contribution in [0, 0.1) is 0 Å². The van der Waals surface area contributed by atoms with Crippen LogP contribution in [0.1, 0.15) is 27.6 Å². The van der Waals surface area contributed by atoms with E-state index in [0.29, 0.717) is 17.7 Å². The van der Waals surface area contributed by atoms with Crippen LogP contribution in [0.15, 0.2) is 24.3 Å². The summed E-state index contributed by atoms with van der Waals surface area (Å²) in [5, 5.41) is 0. The zero-order valence-corrected chi connectivity index (χ0v) is 12.7. The van der Waals surface area contributed by atoms with Gasteiger partial charge in [0.05, 0.1) is 11.1 Å². The average Bonchev–Trinajstić information content (AvgIpc) is 2.71. The molecule has 1 unspecified atom stereocenters. The van der Waals surface area contributed by atoms with Crippen LogP contribution in [0.3, 0.4) is 0 Å². The van der Waals surface area contributed by atoms with E-state index in [1.54, 1.807) is 38.2 Å². The van der Waals surface area contributed by atoms with Crippen LogP contribution >= 0.6 is 12.4 Å². The first-order chi connectivity index (χ1) is 9.47. The minimum atomic E-state index is -0.423. The molecule has 1 aromatic carbocycles. The summed E-state index contributed by atoms with van der Waals surface area (Å²) in [4.78, 5) is 38.7. The minimum Gasteiger partial charge on any atom is -0.340 e. The fraction of sp³-hybridized carbons (Fsp3) is 0.357. The Bertz CT molecular complexity index is 541. The number of fused-ring (bicyclic) bond motifs is 1. The van der Waals surface area contributed by atoms with Gasteiger partial charge in [-0.3, -0.25) is 19.3 Å². The lowest BCUT2D eigenvalue weighted by molar-refractivity contribution is -0.131. The highest BCUT2D eigenvalue weighted by molar-refractivity contribution is 6.22. The van der Waals surface area contributed by atoms with E-state index in [-0.39, 0.29) is 30.9 Å². The number of likely N-dealkylation sites (N-methyl/N-ethyl adjacent to an activating group) is 1. The van der Waals surface area contributed by atoms with Crippen LogP contribution in [0.25, 0.3) is 0 Å². The number of carbonyl (C=O) groups excluding carboxylic acids is 3. The lowest BCUT2D eigenvalue weighted by Crippen LogP contribution is -2.46. The van der Waals surface area contributed by atoms with Crippen molar-refractivity contribution in [3.8, 4) is 0 Å². The second-order valence-corrected chi connectivity index (χ2v) is 4.83. The van der Waals surface area contributed by atoms with Crippen molar-refractivity contribution in [2.24, 2.45) is 5.73 Å². The zero-order valence-electron chi connectivity index (χ0n) is 11.9. The third-order valence-electron chi connectivity index (χ3n) is 3.57. The first-order valence-electron chi connectivity index (χ1n) is 6.38. The quantitative estimate of drug-likeness (QED) is 0.821. The molecule has 6 nitrogen and oxygen atoms in total. The van der Waals surface area contributed by atoms with E-state index in [0.717, 1.165) is 4.90 Å². The highest BCUT2D eigenvalue weighted by Crippen LogP contribution is 2.22. The Labute approximate surface area is 129 Å². The molecule has 1 atom stereocenters. The number of nitrogens with two attached hydrogens (primary N) is 1. The van der Waals surface area contributed by atoms with Gasteiger partial charge in [-0.25, -0.2) is 0 Å². The second-order valence-electron chi connectivity index (χ2n) is 4.83. The van der Waals surface area contributed by atoms with Crippen LogP contribution in [-0.4, -0.2) is 53.7 Å². The van der Waals surface area contributed by atoms with Crippen LogP contribution in [-0.2, 0) is 4.79 Å². The third-order valence-corrected chi connectivity index (χ3v) is 3.57. The van der Waals surface area contributed by atoms with Crippen LogP contribution in [0.4, 0.5) is 0 Å². The van der Waals surface area contributed by atoms with Crippen LogP contribution in [0.5, 0.6) is 0 Å². The summed E-state index contributed by atoms with van der Waals surface area (Å²) in [5.74, 6) is -1.15. The molecule has 0 saturated carbocycles. The molecule has 3 amide bonds. The summed E-state index contributed by atoms with van der Waals surface area (Å²) in [6.45, 7) is 1.87. The maximum atomic E-state index is 12.1. The zero-order chi connectivity index (χ0) is 14.9. The first-order valence-corrected chi connectivity index (χ1v) is 6.38. The predicted molar refractivity (Wildman–Crippen MR) is 80.3 cm³/mol. The van der Waals surface area contributed by atoms with Gasteiger partial charge in [0.15, 0.2) is 0 Å². The molecule has 7 heteroatoms. The van der Waals surface area contributed by atoms with E-state index in [1.165, 1.54) is 4.90 Å². The molecule has 1 aliphatic heterocycles. The Morgan fingerprint density at radius 1 is 1.24 bits per heavy atom. The number of rotatable bonds is 4. The van der Waals surface area contributed by atoms with Gasteiger partial charge in [-0.05, 0) is 19.1 Å². The fourth-order valence-corrected chi connectivity index (χ4v) is 2.03. The van der Waals surface area contributed by atoms with Crippen LogP contribution in [0.2, 0.25) is 0 Å². The number of amides is 3. The minimum absolute atomic E-state index is 0. The molecule has 2 rings (SSSR count). The third kappa shape index (κ3) is 3.06. The molecule has 0 aliphatic carbocycles. The number of halogens is 1. The Hall–Kier alpha value is -1.92. The molecule has 0 fully saturated rings. The monoisotopic (exact) mass is 311 g/mol. The molecule has 0 aromatic heterocycles. The Balaban J connectivity index is 0.00000220. The SMILES string of the molecule is CC(CN)N(C)C(=O)CN1C(=O)c2ccccc2C1=O.Cl. The van der Waals surface area contributed by atoms with E-state index >= 15 is 0 Å². The maximum absolute atomic E-state index is 12.1. The molecule has 2 N–H and O–H groups in total. The summed E-state index contributed by atoms with van der Waals surface area (Å²) < 4.78 is 0. The molecular weight excluding hydrogens is 294 g/mol. The van der Waals surface area contributed by atoms with Crippen molar-refractivity contribution in [1.29, 1.82) is 0 Å². The number of imide groups is 1. The van der Waals surface area contributed by atoms with E-state index in [1.807, 2.05) is 0 Å². The van der Waals surface area contributed by atoms with Gasteiger partial charge in [0.25, 0.3) is 11.8 Å². The van der Waals surface area contributed by atoms with Crippen molar-refractivity contribution in [3.05, 3.63) is 35.4 Å². The summed E-state index contributed by atoms with van der Waals surface area (Å²) in [6, 6.07) is 6.42. The number of benzene rings is 1. The second kappa shape index (κ2) is 6.69. The Morgan fingerprint density at radius 2 is 1.71 bits per heavy atom. The molecule has 0 bridgehead atoms. The van der Waals surface area contributed by atoms with E-state index in [2.05, 4.69) is 0 Å². The molecule has 0 spiro atoms. The smallest absolute Gasteiger partial charge is 0.262 e. The Morgan fingerprint density at radius 3 is 2.14 bits per heavy atom. The van der Waals surface area contributed by atoms with Gasteiger partial charge in [0.1, 0.15) is 6.54 Å². The van der Waals surface area contributed by atoms with Crippen molar-refractivity contribution < 1.29 is 14.4 Å². The van der Waals surface area contributed by atoms with Gasteiger partial charge in [-0.15, -0.1) is 12.4 Å². The lowest BCUT2D eigenvalue weighted by Gasteiger charge is -2.25. The first kappa shape index (κ1) is 17.1. The number of carbonyl (C=O) groups is 3. The van der Waals surface area contributed by atoms with Crippen molar-refractivity contribution >= 4 is 30.1 Å². The molecule has 114 valence electrons. The van der Waals surface area contributed by atoms with Gasteiger partial charge >= 0.3 is 0 Å². The van der Waals surface area contributed by atoms with E-state index < -0.39 is 11.8 Å². The molecular formula is C14H18ClN3O3. The predicted octanol–water partition coefficient (Wildman–Crippen LogP) is 0.510.